The van der Waals surface area contributed by atoms with E-state index in [1.54, 1.807) is 6.07 Å². The molecule has 0 atom stereocenters. The summed E-state index contributed by atoms with van der Waals surface area (Å²) in [7, 11) is 1.91. The van der Waals surface area contributed by atoms with E-state index in [1.807, 2.05) is 23.9 Å². The molecule has 0 bridgehead atoms. The third kappa shape index (κ3) is 1.30. The summed E-state index contributed by atoms with van der Waals surface area (Å²) in [5.74, 6) is 0. The van der Waals surface area contributed by atoms with E-state index < -0.39 is 0 Å². The topological polar surface area (TPSA) is 38.0 Å². The average Bonchev–Trinajstić information content (AvgIpc) is 2.42. The minimum absolute atomic E-state index is 0.00924. The first-order chi connectivity index (χ1) is 6.22. The van der Waals surface area contributed by atoms with Crippen LogP contribution in [0.1, 0.15) is 5.56 Å². The molecule has 2 aromatic rings. The van der Waals surface area contributed by atoms with Gasteiger partial charge in [0.15, 0.2) is 0 Å². The van der Waals surface area contributed by atoms with E-state index in [2.05, 4.69) is 4.98 Å². The number of fused-ring (bicyclic) bond motifs is 1. The molecule has 0 aliphatic heterocycles. The van der Waals surface area contributed by atoms with Crippen LogP contribution in [0.25, 0.3) is 11.0 Å². The van der Waals surface area contributed by atoms with Crippen molar-refractivity contribution < 1.29 is 5.11 Å². The van der Waals surface area contributed by atoms with Gasteiger partial charge in [-0.05, 0) is 12.1 Å². The van der Waals surface area contributed by atoms with Crippen LogP contribution in [0.4, 0.5) is 0 Å². The van der Waals surface area contributed by atoms with Gasteiger partial charge in [0, 0.05) is 18.8 Å². The van der Waals surface area contributed by atoms with Crippen molar-refractivity contribution in [3.63, 3.8) is 0 Å². The maximum absolute atomic E-state index is 9.04. The van der Waals surface area contributed by atoms with E-state index in [4.69, 9.17) is 16.7 Å². The van der Waals surface area contributed by atoms with E-state index in [9.17, 15) is 0 Å². The normalized spacial score (nSPS) is 11.0. The van der Waals surface area contributed by atoms with Gasteiger partial charge in [-0.2, -0.15) is 0 Å². The molecule has 0 unspecified atom stereocenters. The second-order valence-electron chi connectivity index (χ2n) is 2.93. The molecule has 68 valence electrons. The molecule has 2 rings (SSSR count). The van der Waals surface area contributed by atoms with Gasteiger partial charge in [0.25, 0.3) is 0 Å². The second kappa shape index (κ2) is 3.01. The first-order valence-corrected chi connectivity index (χ1v) is 4.31. The van der Waals surface area contributed by atoms with Crippen molar-refractivity contribution in [1.82, 2.24) is 9.55 Å². The van der Waals surface area contributed by atoms with Gasteiger partial charge in [-0.15, -0.1) is 0 Å². The summed E-state index contributed by atoms with van der Waals surface area (Å²) in [6.07, 6.45) is 1.86. The molecule has 2 heterocycles. The fourth-order valence-corrected chi connectivity index (χ4v) is 1.58. The van der Waals surface area contributed by atoms with Crippen LogP contribution >= 0.6 is 11.6 Å². The lowest BCUT2D eigenvalue weighted by Gasteiger charge is -1.94. The molecule has 0 amide bonds. The molecule has 0 spiro atoms. The van der Waals surface area contributed by atoms with Crippen molar-refractivity contribution in [3.8, 4) is 0 Å². The summed E-state index contributed by atoms with van der Waals surface area (Å²) in [6.45, 7) is -0.00924. The zero-order chi connectivity index (χ0) is 9.42. The number of aliphatic hydroxyl groups is 1. The lowest BCUT2D eigenvalue weighted by Crippen LogP contribution is -1.84. The van der Waals surface area contributed by atoms with Crippen LogP contribution in [-0.2, 0) is 13.7 Å². The minimum atomic E-state index is -0.00924. The highest BCUT2D eigenvalue weighted by molar-refractivity contribution is 6.29. The van der Waals surface area contributed by atoms with E-state index in [-0.39, 0.29) is 6.61 Å². The Morgan fingerprint density at radius 1 is 1.54 bits per heavy atom. The van der Waals surface area contributed by atoms with E-state index in [1.165, 1.54) is 0 Å². The van der Waals surface area contributed by atoms with Gasteiger partial charge in [-0.1, -0.05) is 11.6 Å². The van der Waals surface area contributed by atoms with Crippen LogP contribution in [0, 0.1) is 0 Å². The maximum atomic E-state index is 9.04. The van der Waals surface area contributed by atoms with Gasteiger partial charge >= 0.3 is 0 Å². The van der Waals surface area contributed by atoms with Crippen molar-refractivity contribution in [1.29, 1.82) is 0 Å². The summed E-state index contributed by atoms with van der Waals surface area (Å²) < 4.78 is 1.92. The van der Waals surface area contributed by atoms with E-state index in [0.29, 0.717) is 5.15 Å². The molecule has 0 aliphatic carbocycles. The number of rotatable bonds is 1. The minimum Gasteiger partial charge on any atom is -0.392 e. The van der Waals surface area contributed by atoms with Gasteiger partial charge in [0.05, 0.1) is 17.6 Å². The molecular formula is C9H9ClN2O. The Morgan fingerprint density at radius 3 is 3.00 bits per heavy atom. The number of aryl methyl sites for hydroxylation is 1. The molecule has 0 fully saturated rings. The first-order valence-electron chi connectivity index (χ1n) is 3.93. The Balaban J connectivity index is 2.81. The Bertz CT molecular complexity index is 450. The average molecular weight is 197 g/mol. The van der Waals surface area contributed by atoms with Crippen molar-refractivity contribution in [3.05, 3.63) is 29.0 Å². The molecule has 13 heavy (non-hydrogen) atoms. The summed E-state index contributed by atoms with van der Waals surface area (Å²) in [6, 6.07) is 3.63. The van der Waals surface area contributed by atoms with Crippen LogP contribution in [0.2, 0.25) is 5.15 Å². The van der Waals surface area contributed by atoms with Gasteiger partial charge < -0.3 is 9.67 Å². The van der Waals surface area contributed by atoms with Gasteiger partial charge in [0.2, 0.25) is 0 Å². The highest BCUT2D eigenvalue weighted by Crippen LogP contribution is 2.20. The van der Waals surface area contributed by atoms with Crippen molar-refractivity contribution in [2.75, 3.05) is 0 Å². The highest BCUT2D eigenvalue weighted by atomic mass is 35.5. The summed E-state index contributed by atoms with van der Waals surface area (Å²) >= 11 is 5.75. The lowest BCUT2D eigenvalue weighted by atomic mass is 10.3. The molecule has 0 saturated carbocycles. The van der Waals surface area contributed by atoms with Crippen molar-refractivity contribution >= 4 is 22.6 Å². The van der Waals surface area contributed by atoms with Crippen molar-refractivity contribution in [2.24, 2.45) is 7.05 Å². The van der Waals surface area contributed by atoms with Crippen LogP contribution in [0.15, 0.2) is 18.3 Å². The standard InChI is InChI=1S/C9H9ClN2O/c1-12-4-6(5-13)9-7(12)2-3-8(10)11-9/h2-4,13H,5H2,1H3. The molecular weight excluding hydrogens is 188 g/mol. The third-order valence-corrected chi connectivity index (χ3v) is 2.25. The third-order valence-electron chi connectivity index (χ3n) is 2.04. The zero-order valence-corrected chi connectivity index (χ0v) is 7.91. The van der Waals surface area contributed by atoms with Gasteiger partial charge in [-0.3, -0.25) is 0 Å². The predicted molar refractivity (Wildman–Crippen MR) is 51.6 cm³/mol. The largest absolute Gasteiger partial charge is 0.392 e. The van der Waals surface area contributed by atoms with Crippen molar-refractivity contribution in [2.45, 2.75) is 6.61 Å². The Morgan fingerprint density at radius 2 is 2.31 bits per heavy atom. The SMILES string of the molecule is Cn1cc(CO)c2nc(Cl)ccc21. The van der Waals surface area contributed by atoms with E-state index in [0.717, 1.165) is 16.6 Å². The van der Waals surface area contributed by atoms with Crippen LogP contribution in [0.3, 0.4) is 0 Å². The molecule has 1 N–H and O–H groups in total. The summed E-state index contributed by atoms with van der Waals surface area (Å²) in [5, 5.41) is 9.50. The van der Waals surface area contributed by atoms with Crippen LogP contribution in [0.5, 0.6) is 0 Å². The van der Waals surface area contributed by atoms with E-state index >= 15 is 0 Å². The Kier molecular flexibility index (Phi) is 1.98. The number of nitrogens with zero attached hydrogens (tertiary/aromatic N) is 2. The number of aromatic nitrogens is 2. The van der Waals surface area contributed by atoms with Crippen LogP contribution < -0.4 is 0 Å². The molecule has 0 saturated heterocycles. The fourth-order valence-electron chi connectivity index (χ4n) is 1.43. The number of hydrogen-bond donors (Lipinski definition) is 1. The fraction of sp³-hybridized carbons (Fsp3) is 0.222. The highest BCUT2D eigenvalue weighted by Gasteiger charge is 2.06. The smallest absolute Gasteiger partial charge is 0.129 e. The number of hydrogen-bond acceptors (Lipinski definition) is 2. The molecule has 0 radical (unpaired) electrons. The molecule has 0 aromatic carbocycles. The summed E-state index contributed by atoms with van der Waals surface area (Å²) in [4.78, 5) is 4.15. The maximum Gasteiger partial charge on any atom is 0.129 e. The second-order valence-corrected chi connectivity index (χ2v) is 3.31. The number of pyridine rings is 1. The number of halogens is 1. The molecule has 0 aliphatic rings. The Labute approximate surface area is 80.6 Å². The molecule has 2 aromatic heterocycles. The molecule has 4 heteroatoms. The quantitative estimate of drug-likeness (QED) is 0.706. The van der Waals surface area contributed by atoms with Gasteiger partial charge in [0.1, 0.15) is 5.15 Å². The lowest BCUT2D eigenvalue weighted by molar-refractivity contribution is 0.283. The van der Waals surface area contributed by atoms with Gasteiger partial charge in [-0.25, -0.2) is 4.98 Å². The molecule has 3 nitrogen and oxygen atoms in total. The predicted octanol–water partition coefficient (Wildman–Crippen LogP) is 1.72. The van der Waals surface area contributed by atoms with Crippen LogP contribution in [-0.4, -0.2) is 14.7 Å². The Hall–Kier alpha value is -1.06. The summed E-state index contributed by atoms with van der Waals surface area (Å²) in [5.41, 5.74) is 2.56. The zero-order valence-electron chi connectivity index (χ0n) is 7.16. The first kappa shape index (κ1) is 8.53. The monoisotopic (exact) mass is 196 g/mol. The number of aliphatic hydroxyl groups excluding tert-OH is 1.